The van der Waals surface area contributed by atoms with Crippen LogP contribution in [0.15, 0.2) is 0 Å². The van der Waals surface area contributed by atoms with Crippen LogP contribution in [0.5, 0.6) is 0 Å². The van der Waals surface area contributed by atoms with Crippen molar-refractivity contribution in [2.75, 3.05) is 33.1 Å². The molecule has 2 rings (SSSR count). The van der Waals surface area contributed by atoms with Crippen molar-refractivity contribution in [2.24, 2.45) is 5.41 Å². The second-order valence-electron chi connectivity index (χ2n) is 3.56. The van der Waals surface area contributed by atoms with E-state index in [0.717, 1.165) is 26.3 Å². The summed E-state index contributed by atoms with van der Waals surface area (Å²) < 4.78 is 10.6. The first-order chi connectivity index (χ1) is 5.41. The molecule has 3 heteroatoms. The SMILES string of the molecule is C1CC2(CCN1)COCOC2. The first kappa shape index (κ1) is 7.53. The highest BCUT2D eigenvalue weighted by Gasteiger charge is 2.34. The molecule has 1 N–H and O–H groups in total. The fourth-order valence-electron chi connectivity index (χ4n) is 1.86. The normalized spacial score (nSPS) is 30.5. The predicted octanol–water partition coefficient (Wildman–Crippen LogP) is 0.360. The van der Waals surface area contributed by atoms with Gasteiger partial charge in [-0.1, -0.05) is 0 Å². The molecular weight excluding hydrogens is 142 g/mol. The zero-order valence-electron chi connectivity index (χ0n) is 6.77. The molecule has 0 bridgehead atoms. The van der Waals surface area contributed by atoms with E-state index in [2.05, 4.69) is 5.32 Å². The third kappa shape index (κ3) is 1.55. The van der Waals surface area contributed by atoms with E-state index >= 15 is 0 Å². The Labute approximate surface area is 67.1 Å². The first-order valence-electron chi connectivity index (χ1n) is 4.28. The molecule has 11 heavy (non-hydrogen) atoms. The van der Waals surface area contributed by atoms with Crippen LogP contribution in [-0.2, 0) is 9.47 Å². The topological polar surface area (TPSA) is 30.5 Å². The Morgan fingerprint density at radius 1 is 1.00 bits per heavy atom. The lowest BCUT2D eigenvalue weighted by molar-refractivity contribution is -0.171. The summed E-state index contributed by atoms with van der Waals surface area (Å²) in [5.41, 5.74) is 0.351. The number of nitrogens with one attached hydrogen (secondary N) is 1. The van der Waals surface area contributed by atoms with Gasteiger partial charge in [0.2, 0.25) is 0 Å². The Balaban J connectivity index is 1.94. The molecule has 0 radical (unpaired) electrons. The maximum atomic E-state index is 5.31. The fraction of sp³-hybridized carbons (Fsp3) is 1.00. The molecule has 0 amide bonds. The average molecular weight is 157 g/mol. The van der Waals surface area contributed by atoms with E-state index in [4.69, 9.17) is 9.47 Å². The Kier molecular flexibility index (Phi) is 2.11. The Bertz CT molecular complexity index is 107. The molecule has 2 heterocycles. The molecule has 1 spiro atoms. The van der Waals surface area contributed by atoms with E-state index in [1.807, 2.05) is 0 Å². The third-order valence-corrected chi connectivity index (χ3v) is 2.65. The lowest BCUT2D eigenvalue weighted by Gasteiger charge is -2.39. The summed E-state index contributed by atoms with van der Waals surface area (Å²) in [6.45, 7) is 4.53. The third-order valence-electron chi connectivity index (χ3n) is 2.65. The summed E-state index contributed by atoms with van der Waals surface area (Å²) in [5, 5.41) is 3.35. The highest BCUT2D eigenvalue weighted by molar-refractivity contribution is 4.85. The summed E-state index contributed by atoms with van der Waals surface area (Å²) in [6.07, 6.45) is 2.40. The van der Waals surface area contributed by atoms with E-state index in [1.165, 1.54) is 12.8 Å². The monoisotopic (exact) mass is 157 g/mol. The molecule has 0 unspecified atom stereocenters. The number of ether oxygens (including phenoxy) is 2. The molecule has 2 aliphatic heterocycles. The molecule has 0 aliphatic carbocycles. The fourth-order valence-corrected chi connectivity index (χ4v) is 1.86. The zero-order chi connectivity index (χ0) is 7.57. The Hall–Kier alpha value is -0.120. The number of piperidine rings is 1. The van der Waals surface area contributed by atoms with Crippen molar-refractivity contribution in [2.45, 2.75) is 12.8 Å². The average Bonchev–Trinajstić information content (AvgIpc) is 2.07. The largest absolute Gasteiger partial charge is 0.355 e. The first-order valence-corrected chi connectivity index (χ1v) is 4.28. The molecule has 0 atom stereocenters. The molecule has 0 aromatic carbocycles. The Morgan fingerprint density at radius 3 is 2.27 bits per heavy atom. The van der Waals surface area contributed by atoms with E-state index in [0.29, 0.717) is 12.2 Å². The van der Waals surface area contributed by atoms with Gasteiger partial charge in [0.1, 0.15) is 6.79 Å². The molecule has 0 saturated carbocycles. The quantitative estimate of drug-likeness (QED) is 0.550. The molecule has 64 valence electrons. The summed E-state index contributed by atoms with van der Waals surface area (Å²) in [4.78, 5) is 0. The van der Waals surface area contributed by atoms with Crippen LogP contribution < -0.4 is 5.32 Å². The lowest BCUT2D eigenvalue weighted by Crippen LogP contribution is -2.45. The van der Waals surface area contributed by atoms with Crippen LogP contribution in [0.1, 0.15) is 12.8 Å². The smallest absolute Gasteiger partial charge is 0.146 e. The van der Waals surface area contributed by atoms with Crippen LogP contribution in [0.3, 0.4) is 0 Å². The minimum Gasteiger partial charge on any atom is -0.355 e. The highest BCUT2D eigenvalue weighted by Crippen LogP contribution is 2.31. The van der Waals surface area contributed by atoms with Gasteiger partial charge in [0.15, 0.2) is 0 Å². The van der Waals surface area contributed by atoms with Gasteiger partial charge in [-0.2, -0.15) is 0 Å². The molecule has 2 saturated heterocycles. The summed E-state index contributed by atoms with van der Waals surface area (Å²) in [5.74, 6) is 0. The molecule has 2 fully saturated rings. The minimum absolute atomic E-state index is 0.351. The van der Waals surface area contributed by atoms with Crippen molar-refractivity contribution < 1.29 is 9.47 Å². The van der Waals surface area contributed by atoms with Crippen LogP contribution in [-0.4, -0.2) is 33.1 Å². The molecule has 2 aliphatic rings. The number of hydrogen-bond acceptors (Lipinski definition) is 3. The second kappa shape index (κ2) is 3.09. The maximum Gasteiger partial charge on any atom is 0.146 e. The van der Waals surface area contributed by atoms with Crippen LogP contribution in [0, 0.1) is 5.41 Å². The maximum absolute atomic E-state index is 5.31. The van der Waals surface area contributed by atoms with Gasteiger partial charge in [0.25, 0.3) is 0 Å². The van der Waals surface area contributed by atoms with Crippen LogP contribution in [0.25, 0.3) is 0 Å². The molecule has 0 aromatic rings. The van der Waals surface area contributed by atoms with E-state index in [9.17, 15) is 0 Å². The number of hydrogen-bond donors (Lipinski definition) is 1. The lowest BCUT2D eigenvalue weighted by atomic mass is 9.80. The van der Waals surface area contributed by atoms with Gasteiger partial charge in [0, 0.05) is 5.41 Å². The van der Waals surface area contributed by atoms with Crippen molar-refractivity contribution in [3.8, 4) is 0 Å². The second-order valence-corrected chi connectivity index (χ2v) is 3.56. The Morgan fingerprint density at radius 2 is 1.64 bits per heavy atom. The summed E-state index contributed by atoms with van der Waals surface area (Å²) in [7, 11) is 0. The van der Waals surface area contributed by atoms with E-state index < -0.39 is 0 Å². The van der Waals surface area contributed by atoms with Gasteiger partial charge < -0.3 is 14.8 Å². The standard InChI is InChI=1S/C8H15NO2/c1-3-9-4-2-8(1)5-10-7-11-6-8/h9H,1-7H2. The van der Waals surface area contributed by atoms with Crippen LogP contribution in [0.4, 0.5) is 0 Å². The van der Waals surface area contributed by atoms with Gasteiger partial charge in [0.05, 0.1) is 13.2 Å². The van der Waals surface area contributed by atoms with E-state index in [1.54, 1.807) is 0 Å². The van der Waals surface area contributed by atoms with Crippen LogP contribution in [0.2, 0.25) is 0 Å². The summed E-state index contributed by atoms with van der Waals surface area (Å²) in [6, 6.07) is 0. The van der Waals surface area contributed by atoms with Crippen molar-refractivity contribution in [1.29, 1.82) is 0 Å². The van der Waals surface area contributed by atoms with Gasteiger partial charge in [-0.25, -0.2) is 0 Å². The zero-order valence-corrected chi connectivity index (χ0v) is 6.77. The van der Waals surface area contributed by atoms with Gasteiger partial charge in [-0.3, -0.25) is 0 Å². The van der Waals surface area contributed by atoms with Gasteiger partial charge in [-0.05, 0) is 25.9 Å². The molecular formula is C8H15NO2. The minimum atomic E-state index is 0.351. The molecule has 0 aromatic heterocycles. The highest BCUT2D eigenvalue weighted by atomic mass is 16.7. The predicted molar refractivity (Wildman–Crippen MR) is 41.3 cm³/mol. The number of rotatable bonds is 0. The van der Waals surface area contributed by atoms with Crippen molar-refractivity contribution >= 4 is 0 Å². The van der Waals surface area contributed by atoms with Crippen molar-refractivity contribution in [3.63, 3.8) is 0 Å². The molecule has 3 nitrogen and oxygen atoms in total. The van der Waals surface area contributed by atoms with Crippen LogP contribution >= 0.6 is 0 Å². The van der Waals surface area contributed by atoms with Gasteiger partial charge >= 0.3 is 0 Å². The van der Waals surface area contributed by atoms with E-state index in [-0.39, 0.29) is 0 Å². The van der Waals surface area contributed by atoms with Gasteiger partial charge in [-0.15, -0.1) is 0 Å². The van der Waals surface area contributed by atoms with Crippen molar-refractivity contribution in [3.05, 3.63) is 0 Å². The summed E-state index contributed by atoms with van der Waals surface area (Å²) >= 11 is 0. The van der Waals surface area contributed by atoms with Crippen molar-refractivity contribution in [1.82, 2.24) is 5.32 Å².